The summed E-state index contributed by atoms with van der Waals surface area (Å²) in [6, 6.07) is 0. The third-order valence-electron chi connectivity index (χ3n) is 7.67. The molecule has 4 nitrogen and oxygen atoms in total. The van der Waals surface area contributed by atoms with Crippen molar-refractivity contribution < 1.29 is 20.1 Å². The third kappa shape index (κ3) is 2.27. The summed E-state index contributed by atoms with van der Waals surface area (Å²) in [6.07, 6.45) is 9.58. The number of aliphatic hydroxyl groups is 3. The molecule has 136 valence electrons. The van der Waals surface area contributed by atoms with Crippen LogP contribution in [0, 0.1) is 28.6 Å². The average molecular weight is 344 g/mol. The van der Waals surface area contributed by atoms with Crippen molar-refractivity contribution in [2.24, 2.45) is 28.6 Å². The molecule has 2 saturated carbocycles. The van der Waals surface area contributed by atoms with Crippen LogP contribution in [0.5, 0.6) is 0 Å². The number of hydrogen-bond donors (Lipinski definition) is 3. The fraction of sp³-hybridized carbons (Fsp3) is 0.667. The van der Waals surface area contributed by atoms with Crippen LogP contribution in [-0.2, 0) is 4.79 Å². The molecule has 25 heavy (non-hydrogen) atoms. The Bertz CT molecular complexity index is 690. The van der Waals surface area contributed by atoms with Crippen molar-refractivity contribution >= 4 is 5.78 Å². The Hall–Kier alpha value is -1.23. The molecule has 4 aliphatic rings. The molecule has 7 atom stereocenters. The number of rotatable bonds is 2. The van der Waals surface area contributed by atoms with Gasteiger partial charge in [-0.2, -0.15) is 0 Å². The highest BCUT2D eigenvalue weighted by molar-refractivity contribution is 6.01. The lowest BCUT2D eigenvalue weighted by Gasteiger charge is -2.58. The molecule has 0 aromatic heterocycles. The second-order valence-electron chi connectivity index (χ2n) is 8.81. The molecule has 4 aliphatic carbocycles. The zero-order valence-electron chi connectivity index (χ0n) is 15.0. The lowest BCUT2D eigenvalue weighted by molar-refractivity contribution is -0.113. The first-order valence-electron chi connectivity index (χ1n) is 9.43. The van der Waals surface area contributed by atoms with Gasteiger partial charge in [0.2, 0.25) is 0 Å². The summed E-state index contributed by atoms with van der Waals surface area (Å²) in [6.45, 7) is 4.03. The van der Waals surface area contributed by atoms with E-state index in [1.807, 2.05) is 6.08 Å². The van der Waals surface area contributed by atoms with E-state index in [4.69, 9.17) is 0 Å². The first-order valence-corrected chi connectivity index (χ1v) is 9.43. The Morgan fingerprint density at radius 3 is 2.84 bits per heavy atom. The van der Waals surface area contributed by atoms with Crippen molar-refractivity contribution in [1.29, 1.82) is 0 Å². The normalized spacial score (nSPS) is 46.7. The second kappa shape index (κ2) is 5.63. The minimum atomic E-state index is -0.833. The predicted molar refractivity (Wildman–Crippen MR) is 94.6 cm³/mol. The van der Waals surface area contributed by atoms with E-state index >= 15 is 0 Å². The fourth-order valence-corrected chi connectivity index (χ4v) is 6.54. The van der Waals surface area contributed by atoms with Crippen molar-refractivity contribution in [3.8, 4) is 0 Å². The minimum absolute atomic E-state index is 0.0527. The van der Waals surface area contributed by atoms with Gasteiger partial charge in [0.1, 0.15) is 0 Å². The maximum atomic E-state index is 11.8. The summed E-state index contributed by atoms with van der Waals surface area (Å²) in [5.74, 6) is 0.890. The van der Waals surface area contributed by atoms with Gasteiger partial charge in [-0.05, 0) is 60.7 Å². The lowest BCUT2D eigenvalue weighted by atomic mass is 9.47. The summed E-state index contributed by atoms with van der Waals surface area (Å²) in [7, 11) is 0. The quantitative estimate of drug-likeness (QED) is 0.671. The smallest absolute Gasteiger partial charge is 0.178 e. The number of hydrogen-bond acceptors (Lipinski definition) is 4. The number of ketones is 1. The van der Waals surface area contributed by atoms with Gasteiger partial charge in [0.15, 0.2) is 5.78 Å². The molecule has 0 aliphatic heterocycles. The van der Waals surface area contributed by atoms with Crippen molar-refractivity contribution in [3.63, 3.8) is 0 Å². The van der Waals surface area contributed by atoms with Crippen molar-refractivity contribution in [2.45, 2.75) is 51.7 Å². The fourth-order valence-electron chi connectivity index (χ4n) is 6.54. The van der Waals surface area contributed by atoms with E-state index in [1.165, 1.54) is 0 Å². The molecule has 0 amide bonds. The van der Waals surface area contributed by atoms with Crippen LogP contribution in [-0.4, -0.2) is 39.9 Å². The molecule has 0 spiro atoms. The van der Waals surface area contributed by atoms with Gasteiger partial charge in [-0.3, -0.25) is 4.79 Å². The van der Waals surface area contributed by atoms with E-state index in [1.54, 1.807) is 12.2 Å². The van der Waals surface area contributed by atoms with Crippen LogP contribution in [0.15, 0.2) is 35.5 Å². The van der Waals surface area contributed by atoms with Crippen LogP contribution < -0.4 is 0 Å². The minimum Gasteiger partial charge on any atom is -0.393 e. The predicted octanol–water partition coefficient (Wildman–Crippen LogP) is 2.15. The number of allylic oxidation sites excluding steroid dienone is 5. The SMILES string of the molecule is C[C@]12C=CC(=O)C=C1CC[C@@H]1[C@@H]2C(O)C[C@]2(C)C(C(O)CO)=CC[C@@H]12. The molecule has 3 N–H and O–H groups in total. The summed E-state index contributed by atoms with van der Waals surface area (Å²) in [4.78, 5) is 11.8. The van der Waals surface area contributed by atoms with E-state index < -0.39 is 12.2 Å². The topological polar surface area (TPSA) is 77.8 Å². The van der Waals surface area contributed by atoms with Crippen LogP contribution >= 0.6 is 0 Å². The van der Waals surface area contributed by atoms with E-state index in [9.17, 15) is 20.1 Å². The van der Waals surface area contributed by atoms with Gasteiger partial charge in [0.25, 0.3) is 0 Å². The van der Waals surface area contributed by atoms with Crippen molar-refractivity contribution in [1.82, 2.24) is 0 Å². The van der Waals surface area contributed by atoms with Crippen LogP contribution in [0.25, 0.3) is 0 Å². The van der Waals surface area contributed by atoms with Crippen LogP contribution in [0.1, 0.15) is 39.5 Å². The highest BCUT2D eigenvalue weighted by Crippen LogP contribution is 2.64. The molecule has 4 rings (SSSR count). The molecule has 0 heterocycles. The molecule has 2 fully saturated rings. The third-order valence-corrected chi connectivity index (χ3v) is 7.67. The summed E-state index contributed by atoms with van der Waals surface area (Å²) >= 11 is 0. The molecule has 0 bridgehead atoms. The molecular formula is C21H28O4. The van der Waals surface area contributed by atoms with Crippen molar-refractivity contribution in [2.75, 3.05) is 6.61 Å². The summed E-state index contributed by atoms with van der Waals surface area (Å²) < 4.78 is 0. The molecule has 0 radical (unpaired) electrons. The van der Waals surface area contributed by atoms with Gasteiger partial charge in [0, 0.05) is 11.3 Å². The molecule has 0 aromatic carbocycles. The summed E-state index contributed by atoms with van der Waals surface area (Å²) in [5.41, 5.74) is 1.55. The number of aliphatic hydroxyl groups excluding tert-OH is 3. The van der Waals surface area contributed by atoms with E-state index in [2.05, 4.69) is 19.9 Å². The highest BCUT2D eigenvalue weighted by Gasteiger charge is 2.60. The first-order chi connectivity index (χ1) is 11.8. The second-order valence-corrected chi connectivity index (χ2v) is 8.81. The lowest BCUT2D eigenvalue weighted by Crippen LogP contribution is -2.56. The average Bonchev–Trinajstić information content (AvgIpc) is 2.91. The largest absolute Gasteiger partial charge is 0.393 e. The Labute approximate surface area is 148 Å². The van der Waals surface area contributed by atoms with Crippen LogP contribution in [0.4, 0.5) is 0 Å². The Morgan fingerprint density at radius 2 is 2.12 bits per heavy atom. The van der Waals surface area contributed by atoms with Gasteiger partial charge < -0.3 is 15.3 Å². The van der Waals surface area contributed by atoms with Gasteiger partial charge >= 0.3 is 0 Å². The van der Waals surface area contributed by atoms with Gasteiger partial charge in [0.05, 0.1) is 18.8 Å². The maximum Gasteiger partial charge on any atom is 0.178 e. The number of carbonyl (C=O) groups is 1. The monoisotopic (exact) mass is 344 g/mol. The zero-order valence-corrected chi connectivity index (χ0v) is 15.0. The van der Waals surface area contributed by atoms with Crippen molar-refractivity contribution in [3.05, 3.63) is 35.5 Å². The molecular weight excluding hydrogens is 316 g/mol. The molecule has 0 saturated heterocycles. The Morgan fingerprint density at radius 1 is 1.36 bits per heavy atom. The number of fused-ring (bicyclic) bond motifs is 5. The van der Waals surface area contributed by atoms with E-state index in [0.29, 0.717) is 18.3 Å². The molecule has 4 heteroatoms. The van der Waals surface area contributed by atoms with Crippen LogP contribution in [0.3, 0.4) is 0 Å². The Kier molecular flexibility index (Phi) is 3.87. The van der Waals surface area contributed by atoms with E-state index in [0.717, 1.165) is 30.4 Å². The van der Waals surface area contributed by atoms with Gasteiger partial charge in [-0.15, -0.1) is 0 Å². The van der Waals surface area contributed by atoms with Gasteiger partial charge in [-0.1, -0.05) is 31.6 Å². The van der Waals surface area contributed by atoms with E-state index in [-0.39, 0.29) is 29.1 Å². The highest BCUT2D eigenvalue weighted by atomic mass is 16.3. The first kappa shape index (κ1) is 17.2. The standard InChI is InChI=1S/C21H28O4/c1-20-8-7-13(23)9-12(20)3-4-14-15-5-6-16(18(25)11-22)21(15,2)10-17(24)19(14)20/h6-9,14-15,17-19,22,24-25H,3-5,10-11H2,1-2H3/t14-,15-,17?,18?,19+,20-,21-/m0/s1. The molecule has 2 unspecified atom stereocenters. The summed E-state index contributed by atoms with van der Waals surface area (Å²) in [5, 5.41) is 30.8. The maximum absolute atomic E-state index is 11.8. The van der Waals surface area contributed by atoms with Crippen LogP contribution in [0.2, 0.25) is 0 Å². The molecule has 0 aromatic rings. The Balaban J connectivity index is 1.71. The number of carbonyl (C=O) groups excluding carboxylic acids is 1. The van der Waals surface area contributed by atoms with Gasteiger partial charge in [-0.25, -0.2) is 0 Å². The zero-order chi connectivity index (χ0) is 18.0.